The van der Waals surface area contributed by atoms with Crippen LogP contribution >= 0.6 is 7.82 Å². The summed E-state index contributed by atoms with van der Waals surface area (Å²) in [7, 11) is -4.58. The van der Waals surface area contributed by atoms with Crippen molar-refractivity contribution in [2.24, 2.45) is 0 Å². The second-order valence-electron chi connectivity index (χ2n) is 9.10. The zero-order valence-corrected chi connectivity index (χ0v) is 23.6. The van der Waals surface area contributed by atoms with Crippen molar-refractivity contribution in [3.8, 4) is 0 Å². The van der Waals surface area contributed by atoms with Gasteiger partial charge in [0.1, 0.15) is 12.2 Å². The van der Waals surface area contributed by atoms with E-state index in [1.807, 2.05) is 0 Å². The molecule has 3 atom stereocenters. The van der Waals surface area contributed by atoms with Gasteiger partial charge in [-0.3, -0.25) is 18.6 Å². The van der Waals surface area contributed by atoms with E-state index in [1.54, 1.807) is 0 Å². The van der Waals surface area contributed by atoms with Crippen LogP contribution in [0.15, 0.2) is 12.2 Å². The molecule has 0 saturated carbocycles. The Labute approximate surface area is 222 Å². The maximum Gasteiger partial charge on any atom is 0.472 e. The lowest BCUT2D eigenvalue weighted by Gasteiger charge is -2.20. The lowest BCUT2D eigenvalue weighted by Crippen LogP contribution is -2.28. The van der Waals surface area contributed by atoms with Crippen LogP contribution in [0.4, 0.5) is 0 Å². The third-order valence-corrected chi connectivity index (χ3v) is 6.48. The molecular formula is C26H49O10P. The molecule has 0 saturated heterocycles. The number of esters is 2. The van der Waals surface area contributed by atoms with E-state index in [0.29, 0.717) is 6.42 Å². The summed E-state index contributed by atoms with van der Waals surface area (Å²) in [4.78, 5) is 32.6. The van der Waals surface area contributed by atoms with Gasteiger partial charge in [0.25, 0.3) is 0 Å². The number of ether oxygens (including phenoxy) is 2. The van der Waals surface area contributed by atoms with Crippen molar-refractivity contribution in [1.29, 1.82) is 0 Å². The topological polar surface area (TPSA) is 149 Å². The third kappa shape index (κ3) is 23.6. The minimum atomic E-state index is -4.58. The first-order chi connectivity index (χ1) is 17.7. The highest BCUT2D eigenvalue weighted by atomic mass is 31.2. The molecule has 0 aliphatic heterocycles. The van der Waals surface area contributed by atoms with Crippen molar-refractivity contribution in [1.82, 2.24) is 0 Å². The number of hydrogen-bond donors (Lipinski definition) is 3. The van der Waals surface area contributed by atoms with Gasteiger partial charge in [-0.05, 0) is 32.1 Å². The lowest BCUT2D eigenvalue weighted by molar-refractivity contribution is -0.153. The summed E-state index contributed by atoms with van der Waals surface area (Å²) >= 11 is 0. The fourth-order valence-electron chi connectivity index (χ4n) is 3.46. The molecule has 11 heteroatoms. The largest absolute Gasteiger partial charge is 0.472 e. The summed E-state index contributed by atoms with van der Waals surface area (Å²) in [6.07, 6.45) is 17.5. The standard InChI is InChI=1S/C26H49O10P/c1-3-4-5-6-7-8-9-10-11-12-13-14-15-16-17-18-26(30)36-25(20-28)22-34-37(31,32)33-21-24(19-27)35-23(2)29/h10-11,24-25,27-28H,3-9,12-22H2,1-2H3,(H,31,32)/b11-10-. The normalized spacial score (nSPS) is 14.8. The zero-order valence-electron chi connectivity index (χ0n) is 22.7. The second kappa shape index (κ2) is 23.8. The quantitative estimate of drug-likeness (QED) is 0.0612. The second-order valence-corrected chi connectivity index (χ2v) is 10.6. The summed E-state index contributed by atoms with van der Waals surface area (Å²) in [5, 5.41) is 18.4. The molecule has 218 valence electrons. The van der Waals surface area contributed by atoms with Crippen molar-refractivity contribution < 1.29 is 47.8 Å². The summed E-state index contributed by atoms with van der Waals surface area (Å²) in [5.41, 5.74) is 0. The predicted molar refractivity (Wildman–Crippen MR) is 141 cm³/mol. The summed E-state index contributed by atoms with van der Waals surface area (Å²) in [6.45, 7) is 1.03. The number of phosphoric acid groups is 1. The fraction of sp³-hybridized carbons (Fsp3) is 0.846. The molecule has 0 bridgehead atoms. The Morgan fingerprint density at radius 2 is 1.22 bits per heavy atom. The van der Waals surface area contributed by atoms with E-state index < -0.39 is 58.4 Å². The van der Waals surface area contributed by atoms with Gasteiger partial charge in [-0.1, -0.05) is 70.4 Å². The van der Waals surface area contributed by atoms with Gasteiger partial charge < -0.3 is 24.6 Å². The Bertz CT molecular complexity index is 655. The Morgan fingerprint density at radius 3 is 1.70 bits per heavy atom. The van der Waals surface area contributed by atoms with Gasteiger partial charge in [0, 0.05) is 13.3 Å². The molecule has 3 unspecified atom stereocenters. The van der Waals surface area contributed by atoms with E-state index in [9.17, 15) is 24.2 Å². The average Bonchev–Trinajstić information content (AvgIpc) is 2.86. The molecule has 0 aromatic rings. The van der Waals surface area contributed by atoms with Crippen LogP contribution < -0.4 is 0 Å². The van der Waals surface area contributed by atoms with Crippen LogP contribution in [0.1, 0.15) is 104 Å². The maximum absolute atomic E-state index is 12.0. The zero-order chi connectivity index (χ0) is 27.8. The van der Waals surface area contributed by atoms with Gasteiger partial charge in [-0.25, -0.2) is 4.57 Å². The Balaban J connectivity index is 3.86. The highest BCUT2D eigenvalue weighted by molar-refractivity contribution is 7.47. The van der Waals surface area contributed by atoms with E-state index in [0.717, 1.165) is 45.4 Å². The van der Waals surface area contributed by atoms with Gasteiger partial charge in [-0.15, -0.1) is 0 Å². The van der Waals surface area contributed by atoms with Crippen LogP contribution in [0.2, 0.25) is 0 Å². The molecular weight excluding hydrogens is 503 g/mol. The molecule has 0 rings (SSSR count). The summed E-state index contributed by atoms with van der Waals surface area (Å²) in [5.74, 6) is -1.21. The molecule has 0 aliphatic rings. The van der Waals surface area contributed by atoms with Crippen LogP contribution in [0.3, 0.4) is 0 Å². The van der Waals surface area contributed by atoms with Crippen LogP contribution in [-0.4, -0.2) is 65.7 Å². The van der Waals surface area contributed by atoms with Crippen molar-refractivity contribution in [2.45, 2.75) is 116 Å². The van der Waals surface area contributed by atoms with Crippen molar-refractivity contribution in [3.63, 3.8) is 0 Å². The highest BCUT2D eigenvalue weighted by Crippen LogP contribution is 2.43. The number of aliphatic hydroxyl groups excluding tert-OH is 2. The molecule has 0 radical (unpaired) electrons. The molecule has 0 fully saturated rings. The highest BCUT2D eigenvalue weighted by Gasteiger charge is 2.27. The number of carbonyl (C=O) groups is 2. The average molecular weight is 553 g/mol. The smallest absolute Gasteiger partial charge is 0.458 e. The number of aliphatic hydroxyl groups is 2. The van der Waals surface area contributed by atoms with Crippen LogP contribution in [0.5, 0.6) is 0 Å². The third-order valence-electron chi connectivity index (χ3n) is 5.53. The Kier molecular flexibility index (Phi) is 23.0. The molecule has 0 aliphatic carbocycles. The predicted octanol–water partition coefficient (Wildman–Crippen LogP) is 4.99. The number of phosphoric ester groups is 1. The molecule has 0 spiro atoms. The van der Waals surface area contributed by atoms with E-state index in [4.69, 9.17) is 14.4 Å². The van der Waals surface area contributed by atoms with Crippen LogP contribution in [0, 0.1) is 0 Å². The lowest BCUT2D eigenvalue weighted by atomic mass is 10.1. The van der Waals surface area contributed by atoms with E-state index >= 15 is 0 Å². The molecule has 0 amide bonds. The van der Waals surface area contributed by atoms with E-state index in [1.165, 1.54) is 38.5 Å². The van der Waals surface area contributed by atoms with Crippen molar-refractivity contribution in [2.75, 3.05) is 26.4 Å². The number of rotatable bonds is 25. The first-order valence-electron chi connectivity index (χ1n) is 13.6. The van der Waals surface area contributed by atoms with Gasteiger partial charge in [0.2, 0.25) is 0 Å². The summed E-state index contributed by atoms with van der Waals surface area (Å²) < 4.78 is 31.1. The first-order valence-corrected chi connectivity index (χ1v) is 15.1. The monoisotopic (exact) mass is 552 g/mol. The maximum atomic E-state index is 12.0. The Morgan fingerprint density at radius 1 is 0.757 bits per heavy atom. The number of allylic oxidation sites excluding steroid dienone is 2. The minimum absolute atomic E-state index is 0.183. The molecule has 3 N–H and O–H groups in total. The van der Waals surface area contributed by atoms with Crippen molar-refractivity contribution in [3.05, 3.63) is 12.2 Å². The number of hydrogen-bond acceptors (Lipinski definition) is 9. The molecule has 0 heterocycles. The van der Waals surface area contributed by atoms with Crippen LogP contribution in [0.25, 0.3) is 0 Å². The first kappa shape index (κ1) is 35.7. The summed E-state index contributed by atoms with van der Waals surface area (Å²) in [6, 6.07) is 0. The SMILES string of the molecule is CCCCCCCC/C=C\CCCCCCCC(=O)OC(CO)COP(=O)(O)OCC(CO)OC(C)=O. The van der Waals surface area contributed by atoms with Gasteiger partial charge in [-0.2, -0.15) is 0 Å². The molecule has 10 nitrogen and oxygen atoms in total. The molecule has 0 aromatic heterocycles. The minimum Gasteiger partial charge on any atom is -0.458 e. The fourth-order valence-corrected chi connectivity index (χ4v) is 4.24. The Hall–Kier alpha value is -1.29. The molecule has 37 heavy (non-hydrogen) atoms. The van der Waals surface area contributed by atoms with Gasteiger partial charge >= 0.3 is 19.8 Å². The number of carbonyl (C=O) groups excluding carboxylic acids is 2. The van der Waals surface area contributed by atoms with Gasteiger partial charge in [0.15, 0.2) is 0 Å². The number of unbranched alkanes of at least 4 members (excludes halogenated alkanes) is 11. The van der Waals surface area contributed by atoms with E-state index in [-0.39, 0.29) is 6.42 Å². The van der Waals surface area contributed by atoms with Gasteiger partial charge in [0.05, 0.1) is 26.4 Å². The van der Waals surface area contributed by atoms with Crippen molar-refractivity contribution >= 4 is 19.8 Å². The molecule has 0 aromatic carbocycles. The van der Waals surface area contributed by atoms with E-state index in [2.05, 4.69) is 28.3 Å². The van der Waals surface area contributed by atoms with Crippen LogP contribution in [-0.2, 0) is 32.7 Å².